The van der Waals surface area contributed by atoms with Gasteiger partial charge in [0.25, 0.3) is 0 Å². The van der Waals surface area contributed by atoms with Gasteiger partial charge in [-0.15, -0.1) is 17.1 Å². The summed E-state index contributed by atoms with van der Waals surface area (Å²) in [7, 11) is 2.98. The summed E-state index contributed by atoms with van der Waals surface area (Å²) in [6, 6.07) is 22.8. The molecule has 6 nitrogen and oxygen atoms in total. The second-order valence-corrected chi connectivity index (χ2v) is 10.3. The van der Waals surface area contributed by atoms with Gasteiger partial charge in [0.05, 0.1) is 26.1 Å². The normalized spacial score (nSPS) is 11.2. The zero-order chi connectivity index (χ0) is 28.6. The summed E-state index contributed by atoms with van der Waals surface area (Å²) >= 11 is 7.63. The zero-order valence-electron chi connectivity index (χ0n) is 22.8. The average Bonchev–Trinajstić information content (AvgIpc) is 3.38. The molecule has 1 atom stereocenters. The van der Waals surface area contributed by atoms with Gasteiger partial charge >= 0.3 is 5.97 Å². The molecule has 206 valence electrons. The number of hydrogen-bond donors (Lipinski definition) is 0. The topological polar surface area (TPSA) is 57.2 Å². The third-order valence-corrected chi connectivity index (χ3v) is 7.61. The van der Waals surface area contributed by atoms with E-state index in [9.17, 15) is 4.79 Å². The van der Waals surface area contributed by atoms with Crippen LogP contribution in [0, 0.1) is 6.92 Å². The lowest BCUT2D eigenvalue weighted by atomic mass is 10.1. The van der Waals surface area contributed by atoms with Crippen LogP contribution in [-0.4, -0.2) is 20.2 Å². The Morgan fingerprint density at radius 3 is 2.48 bits per heavy atom. The van der Waals surface area contributed by atoms with E-state index in [2.05, 4.69) is 12.3 Å². The number of methoxy groups -OCH3 is 2. The quantitative estimate of drug-likeness (QED) is 0.132. The lowest BCUT2D eigenvalue weighted by molar-refractivity contribution is 0.0600. The van der Waals surface area contributed by atoms with Crippen LogP contribution in [0.15, 0.2) is 91.3 Å². The Kier molecular flexibility index (Phi) is 9.56. The highest BCUT2D eigenvalue weighted by atomic mass is 35.5. The molecule has 40 heavy (non-hydrogen) atoms. The van der Waals surface area contributed by atoms with Crippen LogP contribution in [-0.2, 0) is 11.3 Å². The van der Waals surface area contributed by atoms with E-state index in [0.717, 1.165) is 28.1 Å². The number of nitrogens with zero attached hydrogens (tertiary/aromatic N) is 1. The molecule has 0 bridgehead atoms. The fourth-order valence-corrected chi connectivity index (χ4v) is 5.32. The van der Waals surface area contributed by atoms with Gasteiger partial charge in [-0.25, -0.2) is 4.79 Å². The number of aryl methyl sites for hydroxylation is 1. The van der Waals surface area contributed by atoms with Gasteiger partial charge in [0.2, 0.25) is 0 Å². The zero-order valence-corrected chi connectivity index (χ0v) is 24.3. The maximum absolute atomic E-state index is 12.7. The Balaban J connectivity index is 1.65. The molecule has 0 unspecified atom stereocenters. The predicted octanol–water partition coefficient (Wildman–Crippen LogP) is 8.66. The van der Waals surface area contributed by atoms with E-state index >= 15 is 0 Å². The van der Waals surface area contributed by atoms with Crippen molar-refractivity contribution in [2.24, 2.45) is 0 Å². The van der Waals surface area contributed by atoms with Crippen LogP contribution in [0.2, 0.25) is 5.02 Å². The van der Waals surface area contributed by atoms with Crippen molar-refractivity contribution < 1.29 is 23.7 Å². The van der Waals surface area contributed by atoms with E-state index in [1.54, 1.807) is 19.4 Å². The number of ether oxygens (including phenoxy) is 4. The summed E-state index contributed by atoms with van der Waals surface area (Å²) in [5.41, 5.74) is 6.51. The summed E-state index contributed by atoms with van der Waals surface area (Å²) in [6.45, 7) is 8.05. The van der Waals surface area contributed by atoms with Crippen LogP contribution < -0.4 is 19.1 Å². The Morgan fingerprint density at radius 1 is 1.07 bits per heavy atom. The molecule has 4 rings (SSSR count). The molecule has 3 aromatic carbocycles. The minimum Gasteiger partial charge on any atom is -0.497 e. The van der Waals surface area contributed by atoms with Crippen molar-refractivity contribution >= 4 is 39.6 Å². The van der Waals surface area contributed by atoms with Crippen molar-refractivity contribution in [3.8, 4) is 17.2 Å². The molecule has 1 aromatic heterocycles. The number of benzene rings is 3. The third-order valence-electron chi connectivity index (χ3n) is 6.17. The molecule has 0 fully saturated rings. The van der Waals surface area contributed by atoms with Crippen LogP contribution >= 0.6 is 22.9 Å². The number of rotatable bonds is 11. The first kappa shape index (κ1) is 28.8. The van der Waals surface area contributed by atoms with Gasteiger partial charge in [0.1, 0.15) is 35.0 Å². The van der Waals surface area contributed by atoms with E-state index in [1.807, 2.05) is 85.5 Å². The highest BCUT2D eigenvalue weighted by Crippen LogP contribution is 2.43. The highest BCUT2D eigenvalue weighted by Gasteiger charge is 2.24. The molecule has 0 aliphatic rings. The average molecular weight is 576 g/mol. The number of hydrogen-bond acceptors (Lipinski definition) is 7. The van der Waals surface area contributed by atoms with Crippen molar-refractivity contribution in [3.05, 3.63) is 118 Å². The largest absolute Gasteiger partial charge is 0.497 e. The smallest absolute Gasteiger partial charge is 0.351 e. The van der Waals surface area contributed by atoms with Gasteiger partial charge in [-0.1, -0.05) is 54.6 Å². The second-order valence-electron chi connectivity index (χ2n) is 8.84. The first-order valence-electron chi connectivity index (χ1n) is 12.5. The SMILES string of the molecule is C=C=CN(c1cc(O[C@H](C)c2ccccc2Cl)c(C(=O)OC)s1)c1cc(OCc2ccc(OC)cc2)ccc1C. The summed E-state index contributed by atoms with van der Waals surface area (Å²) in [5.74, 6) is 1.38. The molecule has 0 aliphatic heterocycles. The first-order valence-corrected chi connectivity index (χ1v) is 13.7. The first-order chi connectivity index (χ1) is 19.3. The Hall–Kier alpha value is -4.16. The molecule has 0 saturated carbocycles. The molecule has 0 amide bonds. The maximum atomic E-state index is 12.7. The monoisotopic (exact) mass is 575 g/mol. The van der Waals surface area contributed by atoms with Crippen molar-refractivity contribution in [1.82, 2.24) is 0 Å². The Morgan fingerprint density at radius 2 is 1.80 bits per heavy atom. The second kappa shape index (κ2) is 13.3. The Bertz CT molecular complexity index is 1520. The van der Waals surface area contributed by atoms with Gasteiger partial charge in [0, 0.05) is 22.7 Å². The standard InChI is InChI=1S/C32H30ClNO5S/c1-6-17-34(28-18-25(14-11-21(28)2)38-20-23-12-15-24(36-4)16-13-23)30-19-29(31(40-30)32(35)37-5)39-22(3)26-9-7-8-10-27(26)33/h7-19,22H,1,20H2,2-5H3/t22-/m1/s1. The molecular formula is C32H30ClNO5S. The van der Waals surface area contributed by atoms with Crippen LogP contribution in [0.1, 0.15) is 39.4 Å². The lowest BCUT2D eigenvalue weighted by Gasteiger charge is -2.21. The number of anilines is 2. The van der Waals surface area contributed by atoms with Gasteiger partial charge in [-0.3, -0.25) is 0 Å². The van der Waals surface area contributed by atoms with E-state index in [1.165, 1.54) is 18.4 Å². The fraction of sp³-hybridized carbons (Fsp3) is 0.188. The number of halogens is 1. The van der Waals surface area contributed by atoms with E-state index in [4.69, 9.17) is 30.5 Å². The van der Waals surface area contributed by atoms with Crippen molar-refractivity contribution in [2.75, 3.05) is 19.1 Å². The maximum Gasteiger partial charge on any atom is 0.351 e. The summed E-state index contributed by atoms with van der Waals surface area (Å²) < 4.78 is 22.6. The number of esters is 1. The molecule has 4 aromatic rings. The van der Waals surface area contributed by atoms with E-state index in [0.29, 0.717) is 33.0 Å². The number of thiophene rings is 1. The molecule has 0 spiro atoms. The highest BCUT2D eigenvalue weighted by molar-refractivity contribution is 7.18. The van der Waals surface area contributed by atoms with Crippen molar-refractivity contribution in [3.63, 3.8) is 0 Å². The molecule has 1 heterocycles. The molecule has 0 saturated heterocycles. The van der Waals surface area contributed by atoms with Crippen LogP contribution in [0.4, 0.5) is 10.7 Å². The van der Waals surface area contributed by atoms with Crippen LogP contribution in [0.25, 0.3) is 0 Å². The lowest BCUT2D eigenvalue weighted by Crippen LogP contribution is -2.08. The summed E-state index contributed by atoms with van der Waals surface area (Å²) in [6.07, 6.45) is 1.31. The molecular weight excluding hydrogens is 546 g/mol. The van der Waals surface area contributed by atoms with Gasteiger partial charge < -0.3 is 23.8 Å². The predicted molar refractivity (Wildman–Crippen MR) is 161 cm³/mol. The van der Waals surface area contributed by atoms with Gasteiger partial charge in [-0.05, 0) is 49.2 Å². The van der Waals surface area contributed by atoms with Crippen LogP contribution in [0.3, 0.4) is 0 Å². The minimum absolute atomic E-state index is 0.337. The number of carbonyl (C=O) groups is 1. The van der Waals surface area contributed by atoms with E-state index in [-0.39, 0.29) is 0 Å². The van der Waals surface area contributed by atoms with Crippen molar-refractivity contribution in [1.29, 1.82) is 0 Å². The summed E-state index contributed by atoms with van der Waals surface area (Å²) in [5, 5.41) is 1.30. The molecule has 0 radical (unpaired) electrons. The molecule has 0 N–H and O–H groups in total. The van der Waals surface area contributed by atoms with Crippen molar-refractivity contribution in [2.45, 2.75) is 26.6 Å². The minimum atomic E-state index is -0.492. The molecule has 0 aliphatic carbocycles. The van der Waals surface area contributed by atoms with Gasteiger partial charge in [-0.2, -0.15) is 0 Å². The van der Waals surface area contributed by atoms with Gasteiger partial charge in [0.15, 0.2) is 4.88 Å². The molecule has 8 heteroatoms. The fourth-order valence-electron chi connectivity index (χ4n) is 4.03. The van der Waals surface area contributed by atoms with Crippen LogP contribution in [0.5, 0.6) is 17.2 Å². The third kappa shape index (κ3) is 6.69. The summed E-state index contributed by atoms with van der Waals surface area (Å²) in [4.78, 5) is 15.0. The van der Waals surface area contributed by atoms with E-state index < -0.39 is 12.1 Å². The Labute approximate surface area is 243 Å². The number of carbonyl (C=O) groups excluding carboxylic acids is 1.